The molecule has 1 aliphatic heterocycles. The summed E-state index contributed by atoms with van der Waals surface area (Å²) in [7, 11) is 1.61. The maximum atomic E-state index is 12.3. The normalized spacial score (nSPS) is 12.4. The smallest absolute Gasteiger partial charge is 0.267 e. The van der Waals surface area contributed by atoms with Crippen LogP contribution in [-0.2, 0) is 6.54 Å². The first kappa shape index (κ1) is 14.4. The highest BCUT2D eigenvalue weighted by Crippen LogP contribution is 2.32. The van der Waals surface area contributed by atoms with E-state index in [0.717, 1.165) is 28.0 Å². The van der Waals surface area contributed by atoms with Crippen LogP contribution in [0.3, 0.4) is 0 Å². The molecule has 0 radical (unpaired) electrons. The Balaban J connectivity index is 1.48. The van der Waals surface area contributed by atoms with E-state index >= 15 is 0 Å². The molecule has 0 saturated carbocycles. The van der Waals surface area contributed by atoms with Gasteiger partial charge in [0.1, 0.15) is 11.4 Å². The van der Waals surface area contributed by atoms with E-state index in [9.17, 15) is 4.79 Å². The largest absolute Gasteiger partial charge is 0.497 e. The minimum absolute atomic E-state index is 0.164. The van der Waals surface area contributed by atoms with Crippen molar-refractivity contribution >= 4 is 16.8 Å². The number of benzene rings is 2. The first-order chi connectivity index (χ1) is 11.7. The van der Waals surface area contributed by atoms with E-state index in [2.05, 4.69) is 10.3 Å². The molecule has 2 aromatic carbocycles. The van der Waals surface area contributed by atoms with Gasteiger partial charge in [0.15, 0.2) is 11.5 Å². The summed E-state index contributed by atoms with van der Waals surface area (Å²) in [5.41, 5.74) is 2.33. The number of rotatable bonds is 4. The number of H-pyrrole nitrogens is 1. The Morgan fingerprint density at radius 1 is 1.17 bits per heavy atom. The van der Waals surface area contributed by atoms with E-state index in [1.807, 2.05) is 42.5 Å². The van der Waals surface area contributed by atoms with Crippen molar-refractivity contribution in [2.75, 3.05) is 13.9 Å². The summed E-state index contributed by atoms with van der Waals surface area (Å²) >= 11 is 0. The maximum Gasteiger partial charge on any atom is 0.267 e. The molecular weight excluding hydrogens is 308 g/mol. The number of nitrogens with one attached hydrogen (secondary N) is 2. The molecule has 24 heavy (non-hydrogen) atoms. The van der Waals surface area contributed by atoms with Crippen LogP contribution in [0.1, 0.15) is 16.1 Å². The van der Waals surface area contributed by atoms with Crippen molar-refractivity contribution in [2.24, 2.45) is 0 Å². The Morgan fingerprint density at radius 3 is 2.92 bits per heavy atom. The van der Waals surface area contributed by atoms with E-state index in [1.165, 1.54) is 0 Å². The number of aromatic amines is 1. The highest BCUT2D eigenvalue weighted by atomic mass is 16.7. The van der Waals surface area contributed by atoms with Gasteiger partial charge < -0.3 is 24.5 Å². The van der Waals surface area contributed by atoms with Gasteiger partial charge in [-0.15, -0.1) is 0 Å². The Kier molecular flexibility index (Phi) is 3.49. The van der Waals surface area contributed by atoms with E-state index in [1.54, 1.807) is 7.11 Å². The van der Waals surface area contributed by atoms with Gasteiger partial charge in [0, 0.05) is 23.5 Å². The quantitative estimate of drug-likeness (QED) is 0.774. The molecule has 6 heteroatoms. The second-order valence-electron chi connectivity index (χ2n) is 5.51. The molecule has 0 saturated heterocycles. The van der Waals surface area contributed by atoms with Crippen molar-refractivity contribution in [3.8, 4) is 17.2 Å². The van der Waals surface area contributed by atoms with Crippen LogP contribution in [0.15, 0.2) is 42.5 Å². The lowest BCUT2D eigenvalue weighted by Gasteiger charge is -2.05. The number of hydrogen-bond acceptors (Lipinski definition) is 4. The van der Waals surface area contributed by atoms with E-state index in [4.69, 9.17) is 14.2 Å². The Morgan fingerprint density at radius 2 is 2.04 bits per heavy atom. The summed E-state index contributed by atoms with van der Waals surface area (Å²) in [6.45, 7) is 0.651. The summed E-state index contributed by atoms with van der Waals surface area (Å²) in [6, 6.07) is 13.1. The van der Waals surface area contributed by atoms with Crippen LogP contribution in [0.25, 0.3) is 10.9 Å². The molecule has 0 atom stereocenters. The predicted octanol–water partition coefficient (Wildman–Crippen LogP) is 2.84. The van der Waals surface area contributed by atoms with E-state index in [0.29, 0.717) is 18.0 Å². The molecule has 3 aromatic rings. The third-order valence-corrected chi connectivity index (χ3v) is 3.96. The number of methoxy groups -OCH3 is 1. The van der Waals surface area contributed by atoms with E-state index in [-0.39, 0.29) is 12.7 Å². The monoisotopic (exact) mass is 324 g/mol. The zero-order valence-corrected chi connectivity index (χ0v) is 13.1. The number of aromatic nitrogens is 1. The van der Waals surface area contributed by atoms with Crippen molar-refractivity contribution in [1.29, 1.82) is 0 Å². The van der Waals surface area contributed by atoms with Crippen molar-refractivity contribution in [1.82, 2.24) is 10.3 Å². The van der Waals surface area contributed by atoms with Gasteiger partial charge in [0.2, 0.25) is 6.79 Å². The first-order valence-electron chi connectivity index (χ1n) is 7.56. The van der Waals surface area contributed by atoms with Gasteiger partial charge in [-0.05, 0) is 35.9 Å². The molecule has 1 amide bonds. The highest BCUT2D eigenvalue weighted by molar-refractivity contribution is 5.98. The topological polar surface area (TPSA) is 72.6 Å². The average Bonchev–Trinajstić information content (AvgIpc) is 3.24. The molecule has 1 aromatic heterocycles. The van der Waals surface area contributed by atoms with Gasteiger partial charge in [-0.1, -0.05) is 6.07 Å². The standard InChI is InChI=1S/C18H16N2O4/c1-22-13-4-3-12-7-15(20-14(12)8-13)18(21)19-9-11-2-5-16-17(6-11)24-10-23-16/h2-8,20H,9-10H2,1H3,(H,19,21). The fourth-order valence-corrected chi connectivity index (χ4v) is 2.68. The maximum absolute atomic E-state index is 12.3. The zero-order chi connectivity index (χ0) is 16.5. The lowest BCUT2D eigenvalue weighted by Crippen LogP contribution is -2.23. The number of amides is 1. The molecule has 2 N–H and O–H groups in total. The van der Waals surface area contributed by atoms with Crippen LogP contribution in [0.4, 0.5) is 0 Å². The molecule has 2 heterocycles. The first-order valence-corrected chi connectivity index (χ1v) is 7.56. The zero-order valence-electron chi connectivity index (χ0n) is 13.1. The predicted molar refractivity (Wildman–Crippen MR) is 88.6 cm³/mol. The van der Waals surface area contributed by atoms with Crippen LogP contribution in [0.5, 0.6) is 17.2 Å². The summed E-state index contributed by atoms with van der Waals surface area (Å²) in [5, 5.41) is 3.86. The van der Waals surface area contributed by atoms with Crippen LogP contribution in [0.2, 0.25) is 0 Å². The molecule has 0 fully saturated rings. The molecule has 0 bridgehead atoms. The SMILES string of the molecule is COc1ccc2cc(C(=O)NCc3ccc4c(c3)OCO4)[nH]c2c1. The third kappa shape index (κ3) is 2.62. The summed E-state index contributed by atoms with van der Waals surface area (Å²) in [5.74, 6) is 2.02. The number of carbonyl (C=O) groups is 1. The van der Waals surface area contributed by atoms with Crippen LogP contribution >= 0.6 is 0 Å². The van der Waals surface area contributed by atoms with Crippen LogP contribution < -0.4 is 19.5 Å². The van der Waals surface area contributed by atoms with Crippen LogP contribution in [0, 0.1) is 0 Å². The number of fused-ring (bicyclic) bond motifs is 2. The van der Waals surface area contributed by atoms with Crippen molar-refractivity contribution in [3.05, 3.63) is 53.7 Å². The lowest BCUT2D eigenvalue weighted by atomic mass is 10.2. The summed E-state index contributed by atoms with van der Waals surface area (Å²) in [6.07, 6.45) is 0. The van der Waals surface area contributed by atoms with Gasteiger partial charge in [-0.25, -0.2) is 0 Å². The fourth-order valence-electron chi connectivity index (χ4n) is 2.68. The Labute approximate surface area is 138 Å². The third-order valence-electron chi connectivity index (χ3n) is 3.96. The fraction of sp³-hybridized carbons (Fsp3) is 0.167. The van der Waals surface area contributed by atoms with E-state index < -0.39 is 0 Å². The van der Waals surface area contributed by atoms with Gasteiger partial charge >= 0.3 is 0 Å². The molecule has 0 unspecified atom stereocenters. The second kappa shape index (κ2) is 5.81. The van der Waals surface area contributed by atoms with Crippen molar-refractivity contribution in [2.45, 2.75) is 6.54 Å². The average molecular weight is 324 g/mol. The van der Waals surface area contributed by atoms with Gasteiger partial charge in [-0.3, -0.25) is 4.79 Å². The molecule has 1 aliphatic rings. The molecular formula is C18H16N2O4. The molecule has 122 valence electrons. The van der Waals surface area contributed by atoms with Gasteiger partial charge in [0.25, 0.3) is 5.91 Å². The minimum Gasteiger partial charge on any atom is -0.497 e. The lowest BCUT2D eigenvalue weighted by molar-refractivity contribution is 0.0946. The molecule has 4 rings (SSSR count). The Bertz CT molecular complexity index is 917. The summed E-state index contributed by atoms with van der Waals surface area (Å²) in [4.78, 5) is 15.5. The molecule has 0 aliphatic carbocycles. The molecule has 6 nitrogen and oxygen atoms in total. The minimum atomic E-state index is -0.164. The van der Waals surface area contributed by atoms with Crippen LogP contribution in [-0.4, -0.2) is 24.8 Å². The summed E-state index contributed by atoms with van der Waals surface area (Å²) < 4.78 is 15.8. The van der Waals surface area contributed by atoms with Crippen molar-refractivity contribution < 1.29 is 19.0 Å². The number of hydrogen-bond donors (Lipinski definition) is 2. The van der Waals surface area contributed by atoms with Crippen molar-refractivity contribution in [3.63, 3.8) is 0 Å². The highest BCUT2D eigenvalue weighted by Gasteiger charge is 2.14. The van der Waals surface area contributed by atoms with Gasteiger partial charge in [0.05, 0.1) is 7.11 Å². The molecule has 0 spiro atoms. The van der Waals surface area contributed by atoms with Gasteiger partial charge in [-0.2, -0.15) is 0 Å². The number of ether oxygens (including phenoxy) is 3. The Hall–Kier alpha value is -3.15. The second-order valence-corrected chi connectivity index (χ2v) is 5.51. The number of carbonyl (C=O) groups excluding carboxylic acids is 1.